The topological polar surface area (TPSA) is 78.0 Å². The summed E-state index contributed by atoms with van der Waals surface area (Å²) in [7, 11) is 1.63. The molecule has 1 aliphatic rings. The number of aliphatic imine (C=N–C) groups is 1. The molecule has 0 saturated carbocycles. The van der Waals surface area contributed by atoms with E-state index in [4.69, 9.17) is 4.74 Å². The SMILES string of the molecule is CCNC(=NCc1cccc(C(=O)NC)c1)NCCN1CCOCC1.I. The van der Waals surface area contributed by atoms with Crippen molar-refractivity contribution in [2.45, 2.75) is 13.5 Å². The maximum absolute atomic E-state index is 11.7. The maximum atomic E-state index is 11.7. The molecule has 1 aromatic rings. The monoisotopic (exact) mass is 475 g/mol. The second-order valence-electron chi connectivity index (χ2n) is 5.86. The van der Waals surface area contributed by atoms with E-state index in [9.17, 15) is 4.79 Å². The fourth-order valence-electron chi connectivity index (χ4n) is 2.62. The molecule has 0 atom stereocenters. The normalized spacial score (nSPS) is 15.1. The number of ether oxygens (including phenoxy) is 1. The van der Waals surface area contributed by atoms with Crippen LogP contribution in [0.4, 0.5) is 0 Å². The molecular formula is C18H30IN5O2. The minimum absolute atomic E-state index is 0. The van der Waals surface area contributed by atoms with Crippen LogP contribution in [0.2, 0.25) is 0 Å². The first kappa shape index (κ1) is 22.7. The Morgan fingerprint density at radius 1 is 1.27 bits per heavy atom. The third kappa shape index (κ3) is 7.88. The van der Waals surface area contributed by atoms with Crippen LogP contribution in [0.1, 0.15) is 22.8 Å². The van der Waals surface area contributed by atoms with Gasteiger partial charge in [0.1, 0.15) is 0 Å². The summed E-state index contributed by atoms with van der Waals surface area (Å²) < 4.78 is 5.36. The second-order valence-corrected chi connectivity index (χ2v) is 5.86. The van der Waals surface area contributed by atoms with Gasteiger partial charge in [0.05, 0.1) is 19.8 Å². The van der Waals surface area contributed by atoms with Gasteiger partial charge in [-0.1, -0.05) is 12.1 Å². The molecule has 1 fully saturated rings. The summed E-state index contributed by atoms with van der Waals surface area (Å²) in [4.78, 5) is 18.7. The lowest BCUT2D eigenvalue weighted by Crippen LogP contribution is -2.44. The summed E-state index contributed by atoms with van der Waals surface area (Å²) in [5.41, 5.74) is 1.66. The highest BCUT2D eigenvalue weighted by Gasteiger charge is 2.09. The zero-order chi connectivity index (χ0) is 17.9. The van der Waals surface area contributed by atoms with Crippen LogP contribution in [-0.4, -0.2) is 69.8 Å². The van der Waals surface area contributed by atoms with Crippen molar-refractivity contribution >= 4 is 35.8 Å². The van der Waals surface area contributed by atoms with Crippen LogP contribution >= 0.6 is 24.0 Å². The zero-order valence-electron chi connectivity index (χ0n) is 15.6. The average Bonchev–Trinajstić information content (AvgIpc) is 2.66. The van der Waals surface area contributed by atoms with Crippen molar-refractivity contribution in [3.8, 4) is 0 Å². The Labute approximate surface area is 173 Å². The molecule has 146 valence electrons. The van der Waals surface area contributed by atoms with Crippen molar-refractivity contribution in [3.05, 3.63) is 35.4 Å². The highest BCUT2D eigenvalue weighted by molar-refractivity contribution is 14.0. The Bertz CT molecular complexity index is 576. The van der Waals surface area contributed by atoms with Gasteiger partial charge in [-0.05, 0) is 24.6 Å². The minimum atomic E-state index is -0.0821. The highest BCUT2D eigenvalue weighted by atomic mass is 127. The standard InChI is InChI=1S/C18H29N5O2.HI/c1-3-20-18(21-7-8-23-9-11-25-12-10-23)22-14-15-5-4-6-16(13-15)17(24)19-2;/h4-6,13H,3,7-12,14H2,1-2H3,(H,19,24)(H2,20,21,22);1H. The Kier molecular flexibility index (Phi) is 11.2. The number of hydrogen-bond acceptors (Lipinski definition) is 4. The maximum Gasteiger partial charge on any atom is 0.251 e. The van der Waals surface area contributed by atoms with E-state index in [1.165, 1.54) is 0 Å². The fraction of sp³-hybridized carbons (Fsp3) is 0.556. The van der Waals surface area contributed by atoms with Crippen molar-refractivity contribution in [2.75, 3.05) is 53.0 Å². The van der Waals surface area contributed by atoms with Gasteiger partial charge in [0, 0.05) is 45.3 Å². The largest absolute Gasteiger partial charge is 0.379 e. The Hall–Kier alpha value is -1.39. The first-order chi connectivity index (χ1) is 12.2. The predicted molar refractivity (Wildman–Crippen MR) is 115 cm³/mol. The summed E-state index contributed by atoms with van der Waals surface area (Å²) in [6, 6.07) is 7.54. The van der Waals surface area contributed by atoms with Gasteiger partial charge in [0.15, 0.2) is 5.96 Å². The van der Waals surface area contributed by atoms with Crippen molar-refractivity contribution in [2.24, 2.45) is 4.99 Å². The molecule has 2 rings (SSSR count). The number of carbonyl (C=O) groups is 1. The number of nitrogens with zero attached hydrogens (tertiary/aromatic N) is 2. The molecule has 1 saturated heterocycles. The lowest BCUT2D eigenvalue weighted by molar-refractivity contribution is 0.0389. The number of benzene rings is 1. The molecule has 1 heterocycles. The van der Waals surface area contributed by atoms with Gasteiger partial charge in [-0.25, -0.2) is 4.99 Å². The summed E-state index contributed by atoms with van der Waals surface area (Å²) in [6.07, 6.45) is 0. The fourth-order valence-corrected chi connectivity index (χ4v) is 2.62. The van der Waals surface area contributed by atoms with Gasteiger partial charge in [0.2, 0.25) is 0 Å². The van der Waals surface area contributed by atoms with Gasteiger partial charge >= 0.3 is 0 Å². The number of halogens is 1. The van der Waals surface area contributed by atoms with Crippen LogP contribution in [0, 0.1) is 0 Å². The smallest absolute Gasteiger partial charge is 0.251 e. The van der Waals surface area contributed by atoms with E-state index in [1.54, 1.807) is 13.1 Å². The van der Waals surface area contributed by atoms with Gasteiger partial charge in [-0.3, -0.25) is 9.69 Å². The number of morpholine rings is 1. The van der Waals surface area contributed by atoms with Crippen LogP contribution < -0.4 is 16.0 Å². The Morgan fingerprint density at radius 3 is 2.73 bits per heavy atom. The first-order valence-electron chi connectivity index (χ1n) is 8.86. The van der Waals surface area contributed by atoms with Crippen molar-refractivity contribution in [1.82, 2.24) is 20.9 Å². The van der Waals surface area contributed by atoms with E-state index in [2.05, 4.69) is 25.8 Å². The molecule has 8 heteroatoms. The van der Waals surface area contributed by atoms with Crippen LogP contribution in [0.5, 0.6) is 0 Å². The minimum Gasteiger partial charge on any atom is -0.379 e. The van der Waals surface area contributed by atoms with Crippen LogP contribution in [-0.2, 0) is 11.3 Å². The summed E-state index contributed by atoms with van der Waals surface area (Å²) >= 11 is 0. The van der Waals surface area contributed by atoms with E-state index >= 15 is 0 Å². The molecule has 0 spiro atoms. The number of amides is 1. The molecule has 0 radical (unpaired) electrons. The lowest BCUT2D eigenvalue weighted by atomic mass is 10.1. The molecule has 0 aliphatic carbocycles. The molecule has 1 aliphatic heterocycles. The van der Waals surface area contributed by atoms with Gasteiger partial charge in [0.25, 0.3) is 5.91 Å². The quantitative estimate of drug-likeness (QED) is 0.312. The lowest BCUT2D eigenvalue weighted by Gasteiger charge is -2.26. The Morgan fingerprint density at radius 2 is 2.04 bits per heavy atom. The summed E-state index contributed by atoms with van der Waals surface area (Å²) in [5.74, 6) is 0.711. The van der Waals surface area contributed by atoms with Crippen LogP contribution in [0.25, 0.3) is 0 Å². The molecule has 26 heavy (non-hydrogen) atoms. The van der Waals surface area contributed by atoms with E-state index in [-0.39, 0.29) is 29.9 Å². The van der Waals surface area contributed by atoms with E-state index in [0.29, 0.717) is 12.1 Å². The molecular weight excluding hydrogens is 445 g/mol. The average molecular weight is 475 g/mol. The molecule has 0 unspecified atom stereocenters. The predicted octanol–water partition coefficient (Wildman–Crippen LogP) is 1.05. The second kappa shape index (κ2) is 12.9. The highest BCUT2D eigenvalue weighted by Crippen LogP contribution is 2.06. The number of carbonyl (C=O) groups excluding carboxylic acids is 1. The summed E-state index contributed by atoms with van der Waals surface area (Å²) in [6.45, 7) is 8.80. The van der Waals surface area contributed by atoms with E-state index in [1.807, 2.05) is 25.1 Å². The third-order valence-corrected chi connectivity index (χ3v) is 4.00. The summed E-state index contributed by atoms with van der Waals surface area (Å²) in [5, 5.41) is 9.26. The molecule has 0 bridgehead atoms. The van der Waals surface area contributed by atoms with Gasteiger partial charge < -0.3 is 20.7 Å². The number of rotatable bonds is 7. The third-order valence-electron chi connectivity index (χ3n) is 4.00. The molecule has 0 aromatic heterocycles. The van der Waals surface area contributed by atoms with Crippen molar-refractivity contribution in [3.63, 3.8) is 0 Å². The Balaban J connectivity index is 0.00000338. The van der Waals surface area contributed by atoms with E-state index < -0.39 is 0 Å². The van der Waals surface area contributed by atoms with Gasteiger partial charge in [-0.2, -0.15) is 0 Å². The number of nitrogens with one attached hydrogen (secondary N) is 3. The molecule has 7 nitrogen and oxygen atoms in total. The molecule has 1 amide bonds. The molecule has 3 N–H and O–H groups in total. The van der Waals surface area contributed by atoms with Crippen LogP contribution in [0.15, 0.2) is 29.3 Å². The van der Waals surface area contributed by atoms with Crippen molar-refractivity contribution in [1.29, 1.82) is 0 Å². The van der Waals surface area contributed by atoms with Crippen LogP contribution in [0.3, 0.4) is 0 Å². The number of hydrogen-bond donors (Lipinski definition) is 3. The zero-order valence-corrected chi connectivity index (χ0v) is 17.9. The van der Waals surface area contributed by atoms with Crippen molar-refractivity contribution < 1.29 is 9.53 Å². The first-order valence-corrected chi connectivity index (χ1v) is 8.86. The van der Waals surface area contributed by atoms with E-state index in [0.717, 1.165) is 57.5 Å². The molecule has 1 aromatic carbocycles. The van der Waals surface area contributed by atoms with Gasteiger partial charge in [-0.15, -0.1) is 24.0 Å². The number of guanidine groups is 1.